The number of aromatic amines is 1. The van der Waals surface area contributed by atoms with Crippen LogP contribution in [0.1, 0.15) is 25.6 Å². The lowest BCUT2D eigenvalue weighted by molar-refractivity contribution is 0.394. The van der Waals surface area contributed by atoms with E-state index in [4.69, 9.17) is 4.74 Å². The zero-order chi connectivity index (χ0) is 11.5. The van der Waals surface area contributed by atoms with Crippen molar-refractivity contribution in [3.05, 3.63) is 24.3 Å². The van der Waals surface area contributed by atoms with E-state index in [1.807, 2.05) is 13.8 Å². The number of hydrogen-bond donors (Lipinski definition) is 1. The second kappa shape index (κ2) is 4.30. The molecule has 0 saturated heterocycles. The first-order valence-electron chi connectivity index (χ1n) is 5.13. The van der Waals surface area contributed by atoms with Gasteiger partial charge in [0.05, 0.1) is 19.0 Å². The Kier molecular flexibility index (Phi) is 2.85. The van der Waals surface area contributed by atoms with Crippen LogP contribution in [0.5, 0.6) is 5.88 Å². The maximum atomic E-state index is 5.16. The Balaban J connectivity index is 2.49. The third-order valence-corrected chi connectivity index (χ3v) is 2.24. The van der Waals surface area contributed by atoms with Gasteiger partial charge in [0, 0.05) is 23.7 Å². The first-order chi connectivity index (χ1) is 7.70. The minimum atomic E-state index is 0.265. The maximum Gasteiger partial charge on any atom is 0.216 e. The molecule has 0 saturated carbocycles. The molecule has 5 nitrogen and oxygen atoms in total. The maximum absolute atomic E-state index is 5.16. The molecule has 2 aromatic rings. The van der Waals surface area contributed by atoms with Crippen molar-refractivity contribution in [1.82, 2.24) is 20.2 Å². The molecule has 2 heterocycles. The number of aromatic nitrogens is 4. The summed E-state index contributed by atoms with van der Waals surface area (Å²) < 4.78 is 5.16. The second-order valence-corrected chi connectivity index (χ2v) is 3.80. The number of H-pyrrole nitrogens is 1. The molecule has 0 atom stereocenters. The zero-order valence-corrected chi connectivity index (χ0v) is 9.56. The van der Waals surface area contributed by atoms with E-state index < -0.39 is 0 Å². The smallest absolute Gasteiger partial charge is 0.216 e. The summed E-state index contributed by atoms with van der Waals surface area (Å²) >= 11 is 0. The summed E-state index contributed by atoms with van der Waals surface area (Å²) in [5.74, 6) is 1.62. The van der Waals surface area contributed by atoms with E-state index in [0.29, 0.717) is 5.88 Å². The number of ether oxygens (including phenoxy) is 1. The largest absolute Gasteiger partial charge is 0.481 e. The topological polar surface area (TPSA) is 63.7 Å². The van der Waals surface area contributed by atoms with Crippen LogP contribution in [0.25, 0.3) is 11.3 Å². The number of methoxy groups -OCH3 is 1. The predicted molar refractivity (Wildman–Crippen MR) is 60.3 cm³/mol. The van der Waals surface area contributed by atoms with Crippen molar-refractivity contribution < 1.29 is 4.74 Å². The van der Waals surface area contributed by atoms with Gasteiger partial charge in [-0.05, 0) is 0 Å². The van der Waals surface area contributed by atoms with E-state index in [2.05, 4.69) is 20.2 Å². The molecule has 2 rings (SSSR count). The molecule has 0 fully saturated rings. The Morgan fingerprint density at radius 1 is 1.31 bits per heavy atom. The van der Waals surface area contributed by atoms with Gasteiger partial charge in [-0.3, -0.25) is 5.10 Å². The van der Waals surface area contributed by atoms with Gasteiger partial charge >= 0.3 is 0 Å². The van der Waals surface area contributed by atoms with Gasteiger partial charge in [0.25, 0.3) is 0 Å². The van der Waals surface area contributed by atoms with Gasteiger partial charge in [0.15, 0.2) is 0 Å². The summed E-state index contributed by atoms with van der Waals surface area (Å²) in [5.41, 5.74) is 1.76. The van der Waals surface area contributed by atoms with Gasteiger partial charge < -0.3 is 4.74 Å². The van der Waals surface area contributed by atoms with E-state index in [1.165, 1.54) is 0 Å². The molecule has 1 N–H and O–H groups in total. The average Bonchev–Trinajstić information content (AvgIpc) is 2.81. The highest BCUT2D eigenvalue weighted by molar-refractivity contribution is 5.57. The van der Waals surface area contributed by atoms with Gasteiger partial charge in [0.1, 0.15) is 5.82 Å². The summed E-state index contributed by atoms with van der Waals surface area (Å²) in [5, 5.41) is 6.67. The molecule has 0 aliphatic heterocycles. The molecule has 0 spiro atoms. The number of nitrogens with one attached hydrogen (secondary N) is 1. The minimum absolute atomic E-state index is 0.265. The lowest BCUT2D eigenvalue weighted by Gasteiger charge is -2.08. The SMILES string of the molecule is COc1cc(-c2cn[nH]c2)nc(C(C)C)n1. The van der Waals surface area contributed by atoms with Crippen LogP contribution in [0.15, 0.2) is 18.5 Å². The van der Waals surface area contributed by atoms with Gasteiger partial charge in [-0.25, -0.2) is 4.98 Å². The predicted octanol–water partition coefficient (Wildman–Crippen LogP) is 2.00. The van der Waals surface area contributed by atoms with E-state index in [-0.39, 0.29) is 5.92 Å². The van der Waals surface area contributed by atoms with Crippen molar-refractivity contribution in [2.24, 2.45) is 0 Å². The molecule has 2 aromatic heterocycles. The Morgan fingerprint density at radius 3 is 2.69 bits per heavy atom. The third kappa shape index (κ3) is 2.03. The highest BCUT2D eigenvalue weighted by Gasteiger charge is 2.10. The van der Waals surface area contributed by atoms with Crippen molar-refractivity contribution in [1.29, 1.82) is 0 Å². The molecule has 16 heavy (non-hydrogen) atoms. The van der Waals surface area contributed by atoms with Crippen LogP contribution in [-0.2, 0) is 0 Å². The van der Waals surface area contributed by atoms with Crippen molar-refractivity contribution in [3.63, 3.8) is 0 Å². The summed E-state index contributed by atoms with van der Waals surface area (Å²) in [6.45, 7) is 4.10. The fourth-order valence-corrected chi connectivity index (χ4v) is 1.34. The highest BCUT2D eigenvalue weighted by atomic mass is 16.5. The van der Waals surface area contributed by atoms with Gasteiger partial charge in [-0.2, -0.15) is 10.1 Å². The van der Waals surface area contributed by atoms with Crippen molar-refractivity contribution >= 4 is 0 Å². The minimum Gasteiger partial charge on any atom is -0.481 e. The van der Waals surface area contributed by atoms with Crippen LogP contribution in [0.4, 0.5) is 0 Å². The van der Waals surface area contributed by atoms with Crippen LogP contribution < -0.4 is 4.74 Å². The van der Waals surface area contributed by atoms with Crippen LogP contribution in [0.3, 0.4) is 0 Å². The van der Waals surface area contributed by atoms with E-state index >= 15 is 0 Å². The molecular weight excluding hydrogens is 204 g/mol. The molecule has 84 valence electrons. The Hall–Kier alpha value is -1.91. The number of nitrogens with zero attached hydrogens (tertiary/aromatic N) is 3. The molecule has 5 heteroatoms. The van der Waals surface area contributed by atoms with Crippen LogP contribution in [0.2, 0.25) is 0 Å². The average molecular weight is 218 g/mol. The molecule has 0 radical (unpaired) electrons. The first kappa shape index (κ1) is 10.6. The first-order valence-corrected chi connectivity index (χ1v) is 5.13. The summed E-state index contributed by atoms with van der Waals surface area (Å²) in [6.07, 6.45) is 3.53. The molecule has 0 unspecified atom stereocenters. The summed E-state index contributed by atoms with van der Waals surface area (Å²) in [7, 11) is 1.60. The quantitative estimate of drug-likeness (QED) is 0.855. The molecule has 0 bridgehead atoms. The molecular formula is C11H14N4O. The normalized spacial score (nSPS) is 10.8. The molecule has 0 aliphatic rings. The summed E-state index contributed by atoms with van der Waals surface area (Å²) in [6, 6.07) is 1.80. The van der Waals surface area contributed by atoms with Crippen molar-refractivity contribution in [3.8, 4) is 17.1 Å². The van der Waals surface area contributed by atoms with Crippen molar-refractivity contribution in [2.75, 3.05) is 7.11 Å². The van der Waals surface area contributed by atoms with Crippen LogP contribution in [0, 0.1) is 0 Å². The van der Waals surface area contributed by atoms with E-state index in [9.17, 15) is 0 Å². The van der Waals surface area contributed by atoms with Crippen molar-refractivity contribution in [2.45, 2.75) is 19.8 Å². The van der Waals surface area contributed by atoms with Crippen LogP contribution in [-0.4, -0.2) is 27.3 Å². The van der Waals surface area contributed by atoms with Gasteiger partial charge in [-0.15, -0.1) is 0 Å². The highest BCUT2D eigenvalue weighted by Crippen LogP contribution is 2.22. The molecule has 0 amide bonds. The third-order valence-electron chi connectivity index (χ3n) is 2.24. The molecule has 0 aromatic carbocycles. The Labute approximate surface area is 93.9 Å². The lowest BCUT2D eigenvalue weighted by atomic mass is 10.2. The monoisotopic (exact) mass is 218 g/mol. The van der Waals surface area contributed by atoms with Gasteiger partial charge in [0.2, 0.25) is 5.88 Å². The van der Waals surface area contributed by atoms with Crippen LogP contribution >= 0.6 is 0 Å². The zero-order valence-electron chi connectivity index (χ0n) is 9.56. The standard InChI is InChI=1S/C11H14N4O/c1-7(2)11-14-9(4-10(15-11)16-3)8-5-12-13-6-8/h4-7H,1-3H3,(H,12,13). The van der Waals surface area contributed by atoms with Gasteiger partial charge in [-0.1, -0.05) is 13.8 Å². The Morgan fingerprint density at radius 2 is 2.12 bits per heavy atom. The Bertz CT molecular complexity index is 465. The van der Waals surface area contributed by atoms with E-state index in [1.54, 1.807) is 25.6 Å². The number of rotatable bonds is 3. The summed E-state index contributed by atoms with van der Waals surface area (Å²) in [4.78, 5) is 8.77. The fourth-order valence-electron chi connectivity index (χ4n) is 1.34. The second-order valence-electron chi connectivity index (χ2n) is 3.80. The molecule has 0 aliphatic carbocycles. The van der Waals surface area contributed by atoms with E-state index in [0.717, 1.165) is 17.1 Å². The lowest BCUT2D eigenvalue weighted by Crippen LogP contribution is -2.01. The fraction of sp³-hybridized carbons (Fsp3) is 0.364. The number of hydrogen-bond acceptors (Lipinski definition) is 4.